The van der Waals surface area contributed by atoms with Gasteiger partial charge < -0.3 is 0 Å². The summed E-state index contributed by atoms with van der Waals surface area (Å²) in [5.41, 5.74) is 2.90. The monoisotopic (exact) mass is 234 g/mol. The predicted octanol–water partition coefficient (Wildman–Crippen LogP) is 5.12. The van der Waals surface area contributed by atoms with Crippen LogP contribution in [-0.4, -0.2) is 0 Å². The molecule has 0 heterocycles. The first kappa shape index (κ1) is 11.3. The predicted molar refractivity (Wildman–Crippen MR) is 80.2 cm³/mol. The Bertz CT molecular complexity index is 646. The van der Waals surface area contributed by atoms with Crippen molar-refractivity contribution in [2.24, 2.45) is 0 Å². The number of benzene rings is 3. The normalized spacial score (nSPS) is 11.2. The number of fused-ring (bicyclic) bond motifs is 2. The molecular weight excluding hydrogens is 216 g/mol. The summed E-state index contributed by atoms with van der Waals surface area (Å²) >= 11 is 0. The molecular formula is C18H18. The van der Waals surface area contributed by atoms with Crippen molar-refractivity contribution in [2.45, 2.75) is 26.7 Å². The third-order valence-electron chi connectivity index (χ3n) is 3.83. The molecule has 0 saturated heterocycles. The van der Waals surface area contributed by atoms with E-state index in [1.807, 2.05) is 0 Å². The summed E-state index contributed by atoms with van der Waals surface area (Å²) in [6.07, 6.45) is 2.19. The topological polar surface area (TPSA) is 0 Å². The van der Waals surface area contributed by atoms with Crippen molar-refractivity contribution in [1.82, 2.24) is 0 Å². The zero-order valence-corrected chi connectivity index (χ0v) is 11.0. The van der Waals surface area contributed by atoms with Gasteiger partial charge in [0, 0.05) is 0 Å². The highest BCUT2D eigenvalue weighted by Crippen LogP contribution is 2.28. The maximum Gasteiger partial charge on any atom is -0.0143 e. The molecule has 3 aromatic carbocycles. The van der Waals surface area contributed by atoms with Crippen LogP contribution in [0.4, 0.5) is 0 Å². The maximum atomic E-state index is 2.35. The fourth-order valence-corrected chi connectivity index (χ4v) is 2.77. The van der Waals surface area contributed by atoms with Crippen LogP contribution >= 0.6 is 0 Å². The fourth-order valence-electron chi connectivity index (χ4n) is 2.77. The van der Waals surface area contributed by atoms with Gasteiger partial charge >= 0.3 is 0 Å². The van der Waals surface area contributed by atoms with Crippen LogP contribution in [0.2, 0.25) is 0 Å². The average molecular weight is 234 g/mol. The third kappa shape index (κ3) is 1.69. The minimum atomic E-state index is 1.10. The summed E-state index contributed by atoms with van der Waals surface area (Å²) < 4.78 is 0. The van der Waals surface area contributed by atoms with Gasteiger partial charge in [-0.2, -0.15) is 0 Å². The lowest BCUT2D eigenvalue weighted by Crippen LogP contribution is -1.90. The molecule has 3 aromatic rings. The smallest absolute Gasteiger partial charge is 0.0143 e. The molecule has 0 aliphatic carbocycles. The highest BCUT2D eigenvalue weighted by molar-refractivity contribution is 6.01. The molecule has 0 fully saturated rings. The van der Waals surface area contributed by atoms with Crippen molar-refractivity contribution >= 4 is 21.5 Å². The molecule has 18 heavy (non-hydrogen) atoms. The zero-order chi connectivity index (χ0) is 12.5. The van der Waals surface area contributed by atoms with Gasteiger partial charge in [-0.15, -0.1) is 0 Å². The average Bonchev–Trinajstić information content (AvgIpc) is 2.44. The molecule has 0 bridgehead atoms. The molecule has 0 aliphatic rings. The summed E-state index contributed by atoms with van der Waals surface area (Å²) in [5, 5.41) is 5.53. The first-order valence-corrected chi connectivity index (χ1v) is 6.76. The van der Waals surface area contributed by atoms with Gasteiger partial charge in [0.1, 0.15) is 0 Å². The van der Waals surface area contributed by atoms with Crippen molar-refractivity contribution in [1.29, 1.82) is 0 Å². The Balaban J connectivity index is 2.46. The van der Waals surface area contributed by atoms with E-state index in [0.717, 1.165) is 12.8 Å². The quantitative estimate of drug-likeness (QED) is 0.540. The Hall–Kier alpha value is -1.82. The van der Waals surface area contributed by atoms with Crippen LogP contribution in [0.3, 0.4) is 0 Å². The minimum absolute atomic E-state index is 1.10. The lowest BCUT2D eigenvalue weighted by atomic mass is 9.94. The summed E-state index contributed by atoms with van der Waals surface area (Å²) in [4.78, 5) is 0. The van der Waals surface area contributed by atoms with Crippen LogP contribution in [0.25, 0.3) is 21.5 Å². The molecule has 0 atom stereocenters. The largest absolute Gasteiger partial charge is 0.0616 e. The van der Waals surface area contributed by atoms with Gasteiger partial charge in [0.15, 0.2) is 0 Å². The molecule has 0 spiro atoms. The van der Waals surface area contributed by atoms with Gasteiger partial charge in [-0.1, -0.05) is 50.2 Å². The van der Waals surface area contributed by atoms with E-state index in [2.05, 4.69) is 62.4 Å². The number of rotatable bonds is 2. The Morgan fingerprint density at radius 1 is 0.667 bits per heavy atom. The van der Waals surface area contributed by atoms with Gasteiger partial charge in [-0.05, 0) is 57.6 Å². The lowest BCUT2D eigenvalue weighted by Gasteiger charge is -2.10. The van der Waals surface area contributed by atoms with E-state index in [1.165, 1.54) is 32.7 Å². The Kier molecular flexibility index (Phi) is 2.79. The fraction of sp³-hybridized carbons (Fsp3) is 0.222. The number of hydrogen-bond donors (Lipinski definition) is 0. The van der Waals surface area contributed by atoms with Crippen LogP contribution in [0.15, 0.2) is 48.5 Å². The molecule has 90 valence electrons. The Morgan fingerprint density at radius 3 is 1.50 bits per heavy atom. The van der Waals surface area contributed by atoms with Gasteiger partial charge in [-0.25, -0.2) is 0 Å². The summed E-state index contributed by atoms with van der Waals surface area (Å²) in [6.45, 7) is 4.46. The van der Waals surface area contributed by atoms with Gasteiger partial charge in [0.2, 0.25) is 0 Å². The van der Waals surface area contributed by atoms with Crippen LogP contribution in [0.1, 0.15) is 25.0 Å². The van der Waals surface area contributed by atoms with Crippen LogP contribution in [-0.2, 0) is 12.8 Å². The second-order valence-corrected chi connectivity index (χ2v) is 4.84. The van der Waals surface area contributed by atoms with E-state index in [-0.39, 0.29) is 0 Å². The van der Waals surface area contributed by atoms with E-state index in [1.54, 1.807) is 0 Å². The van der Waals surface area contributed by atoms with Gasteiger partial charge in [0.25, 0.3) is 0 Å². The van der Waals surface area contributed by atoms with E-state index >= 15 is 0 Å². The standard InChI is InChI=1S/C18H18/c1-3-13-9-10-14(4-2)18-12-16-8-6-5-7-15(16)11-17(13)18/h5-12H,3-4H2,1-2H3. The SMILES string of the molecule is CCc1ccc(CC)c2cc3ccccc3cc12. The van der Waals surface area contributed by atoms with Crippen LogP contribution in [0, 0.1) is 0 Å². The minimum Gasteiger partial charge on any atom is -0.0616 e. The van der Waals surface area contributed by atoms with Crippen LogP contribution in [0.5, 0.6) is 0 Å². The molecule has 0 radical (unpaired) electrons. The highest BCUT2D eigenvalue weighted by Gasteiger charge is 2.05. The molecule has 0 heteroatoms. The molecule has 0 amide bonds. The first-order valence-electron chi connectivity index (χ1n) is 6.76. The molecule has 0 aromatic heterocycles. The number of hydrogen-bond acceptors (Lipinski definition) is 0. The van der Waals surface area contributed by atoms with E-state index < -0.39 is 0 Å². The van der Waals surface area contributed by atoms with E-state index in [0.29, 0.717) is 0 Å². The molecule has 0 saturated carbocycles. The van der Waals surface area contributed by atoms with Crippen molar-refractivity contribution in [3.05, 3.63) is 59.7 Å². The van der Waals surface area contributed by atoms with Crippen molar-refractivity contribution in [3.8, 4) is 0 Å². The number of aryl methyl sites for hydroxylation is 2. The van der Waals surface area contributed by atoms with Crippen molar-refractivity contribution in [3.63, 3.8) is 0 Å². The second kappa shape index (κ2) is 4.45. The Labute approximate surface area is 108 Å². The molecule has 0 unspecified atom stereocenters. The summed E-state index contributed by atoms with van der Waals surface area (Å²) in [7, 11) is 0. The molecule has 3 rings (SSSR count). The Morgan fingerprint density at radius 2 is 1.11 bits per heavy atom. The van der Waals surface area contributed by atoms with E-state index in [9.17, 15) is 0 Å². The van der Waals surface area contributed by atoms with E-state index in [4.69, 9.17) is 0 Å². The maximum absolute atomic E-state index is 2.35. The second-order valence-electron chi connectivity index (χ2n) is 4.84. The molecule has 0 aliphatic heterocycles. The van der Waals surface area contributed by atoms with Gasteiger partial charge in [-0.3, -0.25) is 0 Å². The van der Waals surface area contributed by atoms with Crippen molar-refractivity contribution in [2.75, 3.05) is 0 Å². The van der Waals surface area contributed by atoms with Crippen molar-refractivity contribution < 1.29 is 0 Å². The molecule has 0 N–H and O–H groups in total. The molecule has 0 nitrogen and oxygen atoms in total. The van der Waals surface area contributed by atoms with Gasteiger partial charge in [0.05, 0.1) is 0 Å². The first-order chi connectivity index (χ1) is 8.83. The summed E-state index contributed by atoms with van der Waals surface area (Å²) in [6, 6.07) is 17.9. The highest BCUT2D eigenvalue weighted by atomic mass is 14.1. The summed E-state index contributed by atoms with van der Waals surface area (Å²) in [5.74, 6) is 0. The zero-order valence-electron chi connectivity index (χ0n) is 11.0. The van der Waals surface area contributed by atoms with Crippen LogP contribution < -0.4 is 0 Å². The lowest BCUT2D eigenvalue weighted by molar-refractivity contribution is 1.13. The third-order valence-corrected chi connectivity index (χ3v) is 3.83.